The second kappa shape index (κ2) is 7.79. The van der Waals surface area contributed by atoms with Crippen LogP contribution in [0.2, 0.25) is 0 Å². The Kier molecular flexibility index (Phi) is 5.51. The molecule has 0 radical (unpaired) electrons. The Bertz CT molecular complexity index is 563. The summed E-state index contributed by atoms with van der Waals surface area (Å²) in [7, 11) is 0. The van der Waals surface area contributed by atoms with Crippen LogP contribution in [0.15, 0.2) is 30.3 Å². The van der Waals surface area contributed by atoms with Crippen molar-refractivity contribution in [2.45, 2.75) is 57.2 Å². The fourth-order valence-electron chi connectivity index (χ4n) is 4.06. The van der Waals surface area contributed by atoms with Gasteiger partial charge in [0.2, 0.25) is 11.8 Å². The zero-order chi connectivity index (χ0) is 16.9. The summed E-state index contributed by atoms with van der Waals surface area (Å²) in [5.74, 6) is 0.246. The molecule has 2 aliphatic rings. The standard InChI is InChI=1S/C19H27N3O2/c20-18(23)8-9-22(13-14-4-2-1-3-5-14)19(24)12-15-10-16-6-7-17(11-15)21-16/h1-5,15-17,21H,6-13H2,(H2,20,23). The molecule has 0 aliphatic carbocycles. The van der Waals surface area contributed by atoms with Crippen LogP contribution in [0, 0.1) is 5.92 Å². The number of piperidine rings is 1. The van der Waals surface area contributed by atoms with Crippen LogP contribution in [0.1, 0.15) is 44.1 Å². The summed E-state index contributed by atoms with van der Waals surface area (Å²) in [6.07, 6.45) is 5.47. The highest BCUT2D eigenvalue weighted by molar-refractivity contribution is 5.78. The highest BCUT2D eigenvalue weighted by Gasteiger charge is 2.34. The molecule has 5 nitrogen and oxygen atoms in total. The highest BCUT2D eigenvalue weighted by atomic mass is 16.2. The van der Waals surface area contributed by atoms with E-state index in [2.05, 4.69) is 5.32 Å². The zero-order valence-electron chi connectivity index (χ0n) is 14.1. The van der Waals surface area contributed by atoms with Gasteiger partial charge in [-0.3, -0.25) is 9.59 Å². The first kappa shape index (κ1) is 17.0. The zero-order valence-corrected chi connectivity index (χ0v) is 14.1. The molecule has 130 valence electrons. The predicted molar refractivity (Wildman–Crippen MR) is 93.0 cm³/mol. The molecule has 1 aromatic rings. The number of amides is 2. The lowest BCUT2D eigenvalue weighted by Crippen LogP contribution is -2.41. The first-order valence-corrected chi connectivity index (χ1v) is 8.96. The number of nitrogens with zero attached hydrogens (tertiary/aromatic N) is 1. The summed E-state index contributed by atoms with van der Waals surface area (Å²) in [6.45, 7) is 0.950. The van der Waals surface area contributed by atoms with E-state index in [1.807, 2.05) is 30.3 Å². The third kappa shape index (κ3) is 4.57. The molecule has 5 heteroatoms. The van der Waals surface area contributed by atoms with Gasteiger partial charge in [-0.1, -0.05) is 30.3 Å². The maximum atomic E-state index is 12.8. The molecule has 2 atom stereocenters. The number of benzene rings is 1. The molecule has 2 amide bonds. The van der Waals surface area contributed by atoms with Crippen molar-refractivity contribution in [1.29, 1.82) is 0 Å². The van der Waals surface area contributed by atoms with E-state index in [-0.39, 0.29) is 18.2 Å². The maximum absolute atomic E-state index is 12.8. The van der Waals surface area contributed by atoms with E-state index in [1.165, 1.54) is 12.8 Å². The lowest BCUT2D eigenvalue weighted by Gasteiger charge is -2.31. The minimum Gasteiger partial charge on any atom is -0.370 e. The second-order valence-electron chi connectivity index (χ2n) is 7.20. The SMILES string of the molecule is NC(=O)CCN(Cc1ccccc1)C(=O)CC1CC2CCC(C1)N2. The van der Waals surface area contributed by atoms with Gasteiger partial charge in [-0.15, -0.1) is 0 Å². The van der Waals surface area contributed by atoms with Crippen molar-refractivity contribution in [3.8, 4) is 0 Å². The number of primary amides is 1. The van der Waals surface area contributed by atoms with E-state index in [4.69, 9.17) is 5.73 Å². The van der Waals surface area contributed by atoms with Gasteiger partial charge in [-0.05, 0) is 37.2 Å². The van der Waals surface area contributed by atoms with E-state index < -0.39 is 0 Å². The first-order valence-electron chi connectivity index (χ1n) is 8.96. The number of rotatable bonds is 7. The maximum Gasteiger partial charge on any atom is 0.223 e. The Labute approximate surface area is 143 Å². The van der Waals surface area contributed by atoms with Gasteiger partial charge in [0.1, 0.15) is 0 Å². The molecule has 2 fully saturated rings. The molecule has 0 spiro atoms. The van der Waals surface area contributed by atoms with Crippen molar-refractivity contribution < 1.29 is 9.59 Å². The predicted octanol–water partition coefficient (Wildman–Crippen LogP) is 1.81. The van der Waals surface area contributed by atoms with Crippen LogP contribution in [0.25, 0.3) is 0 Å². The number of fused-ring (bicyclic) bond motifs is 2. The lowest BCUT2D eigenvalue weighted by atomic mass is 9.89. The van der Waals surface area contributed by atoms with Gasteiger partial charge in [-0.25, -0.2) is 0 Å². The summed E-state index contributed by atoms with van der Waals surface area (Å²) < 4.78 is 0. The quantitative estimate of drug-likeness (QED) is 0.801. The van der Waals surface area contributed by atoms with Crippen LogP contribution in [-0.4, -0.2) is 35.3 Å². The Morgan fingerprint density at radius 1 is 1.12 bits per heavy atom. The number of nitrogens with one attached hydrogen (secondary N) is 1. The largest absolute Gasteiger partial charge is 0.370 e. The molecule has 1 aromatic carbocycles. The van der Waals surface area contributed by atoms with Crippen LogP contribution >= 0.6 is 0 Å². The summed E-state index contributed by atoms with van der Waals surface area (Å²) in [4.78, 5) is 25.8. The highest BCUT2D eigenvalue weighted by Crippen LogP contribution is 2.33. The van der Waals surface area contributed by atoms with Gasteiger partial charge < -0.3 is 16.0 Å². The molecule has 0 saturated carbocycles. The van der Waals surface area contributed by atoms with Crippen molar-refractivity contribution >= 4 is 11.8 Å². The Balaban J connectivity index is 1.60. The van der Waals surface area contributed by atoms with Crippen LogP contribution in [0.3, 0.4) is 0 Å². The van der Waals surface area contributed by atoms with Crippen LogP contribution in [0.5, 0.6) is 0 Å². The average molecular weight is 329 g/mol. The van der Waals surface area contributed by atoms with Gasteiger partial charge >= 0.3 is 0 Å². The van der Waals surface area contributed by atoms with Gasteiger partial charge in [0.05, 0.1) is 0 Å². The molecular weight excluding hydrogens is 302 g/mol. The number of carbonyl (C=O) groups excluding carboxylic acids is 2. The Morgan fingerprint density at radius 2 is 1.79 bits per heavy atom. The van der Waals surface area contributed by atoms with Gasteiger partial charge in [0.25, 0.3) is 0 Å². The molecule has 3 N–H and O–H groups in total. The van der Waals surface area contributed by atoms with Crippen molar-refractivity contribution in [2.75, 3.05) is 6.54 Å². The molecule has 0 aromatic heterocycles. The normalized spacial score (nSPS) is 25.4. The van der Waals surface area contributed by atoms with E-state index >= 15 is 0 Å². The Hall–Kier alpha value is -1.88. The lowest BCUT2D eigenvalue weighted by molar-refractivity contribution is -0.133. The van der Waals surface area contributed by atoms with Crippen molar-refractivity contribution in [2.24, 2.45) is 11.7 Å². The smallest absolute Gasteiger partial charge is 0.223 e. The molecule has 2 bridgehead atoms. The fourth-order valence-corrected chi connectivity index (χ4v) is 4.06. The summed E-state index contributed by atoms with van der Waals surface area (Å²) in [6, 6.07) is 11.1. The van der Waals surface area contributed by atoms with Gasteiger partial charge in [0, 0.05) is 38.0 Å². The van der Waals surface area contributed by atoms with Crippen LogP contribution in [0.4, 0.5) is 0 Å². The van der Waals surface area contributed by atoms with E-state index in [9.17, 15) is 9.59 Å². The van der Waals surface area contributed by atoms with Gasteiger partial charge in [0.15, 0.2) is 0 Å². The third-order valence-corrected chi connectivity index (χ3v) is 5.23. The number of carbonyl (C=O) groups is 2. The minimum absolute atomic E-state index is 0.145. The van der Waals surface area contributed by atoms with Crippen molar-refractivity contribution in [1.82, 2.24) is 10.2 Å². The van der Waals surface area contributed by atoms with Crippen molar-refractivity contribution in [3.05, 3.63) is 35.9 Å². The summed E-state index contributed by atoms with van der Waals surface area (Å²) >= 11 is 0. The molecular formula is C19H27N3O2. The molecule has 2 saturated heterocycles. The van der Waals surface area contributed by atoms with Gasteiger partial charge in [-0.2, -0.15) is 0 Å². The molecule has 24 heavy (non-hydrogen) atoms. The summed E-state index contributed by atoms with van der Waals surface area (Å²) in [5, 5.41) is 3.62. The van der Waals surface area contributed by atoms with Crippen LogP contribution < -0.4 is 11.1 Å². The van der Waals surface area contributed by atoms with E-state index in [0.717, 1.165) is 18.4 Å². The number of hydrogen-bond donors (Lipinski definition) is 2. The van der Waals surface area contributed by atoms with Crippen molar-refractivity contribution in [3.63, 3.8) is 0 Å². The van der Waals surface area contributed by atoms with E-state index in [1.54, 1.807) is 4.90 Å². The molecule has 3 rings (SSSR count). The third-order valence-electron chi connectivity index (χ3n) is 5.23. The number of hydrogen-bond acceptors (Lipinski definition) is 3. The monoisotopic (exact) mass is 329 g/mol. The van der Waals surface area contributed by atoms with E-state index in [0.29, 0.717) is 37.5 Å². The van der Waals surface area contributed by atoms with Crippen LogP contribution in [-0.2, 0) is 16.1 Å². The fraction of sp³-hybridized carbons (Fsp3) is 0.579. The molecule has 2 aliphatic heterocycles. The Morgan fingerprint density at radius 3 is 2.42 bits per heavy atom. The summed E-state index contributed by atoms with van der Waals surface area (Å²) in [5.41, 5.74) is 6.36. The first-order chi connectivity index (χ1) is 11.6. The average Bonchev–Trinajstić information content (AvgIpc) is 2.90. The second-order valence-corrected chi connectivity index (χ2v) is 7.20. The number of nitrogens with two attached hydrogens (primary N) is 1. The minimum atomic E-state index is -0.360. The topological polar surface area (TPSA) is 75.4 Å². The molecule has 2 unspecified atom stereocenters. The molecule has 2 heterocycles.